The minimum atomic E-state index is -0.111. The van der Waals surface area contributed by atoms with Crippen LogP contribution in [0, 0.1) is 5.92 Å². The summed E-state index contributed by atoms with van der Waals surface area (Å²) in [6, 6.07) is 15.4. The van der Waals surface area contributed by atoms with Gasteiger partial charge in [0, 0.05) is 29.5 Å². The van der Waals surface area contributed by atoms with E-state index in [9.17, 15) is 9.59 Å². The fraction of sp³-hybridized carbons (Fsp3) is 0.263. The zero-order chi connectivity index (χ0) is 17.1. The molecule has 24 heavy (non-hydrogen) atoms. The number of carbonyl (C=O) groups is 2. The van der Waals surface area contributed by atoms with Crippen LogP contribution in [0.3, 0.4) is 0 Å². The average molecular weight is 387 g/mol. The van der Waals surface area contributed by atoms with Gasteiger partial charge in [-0.3, -0.25) is 9.59 Å². The van der Waals surface area contributed by atoms with Crippen molar-refractivity contribution in [3.05, 3.63) is 69.7 Å². The molecule has 1 aliphatic rings. The molecule has 3 rings (SSSR count). The number of carbonyl (C=O) groups excluding carboxylic acids is 2. The molecule has 0 aromatic heterocycles. The molecule has 2 aromatic carbocycles. The first-order valence-electron chi connectivity index (χ1n) is 7.92. The Morgan fingerprint density at radius 2 is 1.92 bits per heavy atom. The largest absolute Gasteiger partial charge is 0.355 e. The molecule has 2 N–H and O–H groups in total. The van der Waals surface area contributed by atoms with Gasteiger partial charge in [0.2, 0.25) is 5.91 Å². The lowest BCUT2D eigenvalue weighted by molar-refractivity contribution is -0.122. The maximum atomic E-state index is 12.3. The molecule has 124 valence electrons. The minimum Gasteiger partial charge on any atom is -0.355 e. The van der Waals surface area contributed by atoms with Gasteiger partial charge in [-0.15, -0.1) is 0 Å². The lowest BCUT2D eigenvalue weighted by Gasteiger charge is -2.07. The summed E-state index contributed by atoms with van der Waals surface area (Å²) < 4.78 is 1.04. The van der Waals surface area contributed by atoms with Gasteiger partial charge in [-0.1, -0.05) is 40.2 Å². The van der Waals surface area contributed by atoms with Crippen LogP contribution in [0.5, 0.6) is 0 Å². The number of amides is 2. The van der Waals surface area contributed by atoms with E-state index in [1.165, 1.54) is 5.56 Å². The molecule has 2 atom stereocenters. The van der Waals surface area contributed by atoms with E-state index in [0.29, 0.717) is 18.0 Å². The zero-order valence-electron chi connectivity index (χ0n) is 13.4. The Balaban J connectivity index is 1.52. The van der Waals surface area contributed by atoms with Crippen molar-refractivity contribution in [3.63, 3.8) is 0 Å². The highest BCUT2D eigenvalue weighted by Gasteiger charge is 2.43. The molecule has 2 amide bonds. The van der Waals surface area contributed by atoms with Crippen LogP contribution < -0.4 is 10.6 Å². The van der Waals surface area contributed by atoms with Crippen molar-refractivity contribution in [3.8, 4) is 0 Å². The van der Waals surface area contributed by atoms with E-state index in [2.05, 4.69) is 38.7 Å². The van der Waals surface area contributed by atoms with E-state index < -0.39 is 0 Å². The molecule has 0 heterocycles. The van der Waals surface area contributed by atoms with Crippen LogP contribution >= 0.6 is 15.9 Å². The van der Waals surface area contributed by atoms with Crippen molar-refractivity contribution in [2.45, 2.75) is 18.9 Å². The molecule has 1 saturated carbocycles. The van der Waals surface area contributed by atoms with E-state index >= 15 is 0 Å². The Morgan fingerprint density at radius 1 is 1.17 bits per heavy atom. The Morgan fingerprint density at radius 3 is 2.58 bits per heavy atom. The van der Waals surface area contributed by atoms with Gasteiger partial charge in [0.25, 0.3) is 5.91 Å². The predicted molar refractivity (Wildman–Crippen MR) is 96.7 cm³/mol. The van der Waals surface area contributed by atoms with Gasteiger partial charge >= 0.3 is 0 Å². The summed E-state index contributed by atoms with van der Waals surface area (Å²) in [6.07, 6.45) is 0.901. The molecule has 4 nitrogen and oxygen atoms in total. The van der Waals surface area contributed by atoms with E-state index in [-0.39, 0.29) is 17.7 Å². The highest BCUT2D eigenvalue weighted by molar-refractivity contribution is 9.10. The molecule has 0 saturated heterocycles. The van der Waals surface area contributed by atoms with E-state index in [1.54, 1.807) is 19.2 Å². The van der Waals surface area contributed by atoms with Crippen molar-refractivity contribution >= 4 is 27.7 Å². The standard InChI is InChI=1S/C19H19BrN2O2/c1-21-18(23)13-7-5-12(6-8-13)11-22-19(24)17-10-16(17)14-3-2-4-15(20)9-14/h2-9,16-17H,10-11H2,1H3,(H,21,23)(H,22,24). The molecule has 5 heteroatoms. The van der Waals surface area contributed by atoms with Crippen molar-refractivity contribution in [2.75, 3.05) is 7.05 Å². The fourth-order valence-electron chi connectivity index (χ4n) is 2.83. The molecule has 1 aliphatic carbocycles. The maximum Gasteiger partial charge on any atom is 0.251 e. The molecule has 0 radical (unpaired) electrons. The van der Waals surface area contributed by atoms with Gasteiger partial charge in [0.15, 0.2) is 0 Å². The SMILES string of the molecule is CNC(=O)c1ccc(CNC(=O)C2CC2c2cccc(Br)c2)cc1. The third-order valence-electron chi connectivity index (χ3n) is 4.31. The normalized spacial score (nSPS) is 18.8. The number of rotatable bonds is 5. The molecular formula is C19H19BrN2O2. The molecule has 2 unspecified atom stereocenters. The Labute approximate surface area is 149 Å². The maximum absolute atomic E-state index is 12.3. The van der Waals surface area contributed by atoms with E-state index in [4.69, 9.17) is 0 Å². The van der Waals surface area contributed by atoms with Gasteiger partial charge in [-0.2, -0.15) is 0 Å². The van der Waals surface area contributed by atoms with Gasteiger partial charge in [-0.25, -0.2) is 0 Å². The second-order valence-electron chi connectivity index (χ2n) is 6.00. The summed E-state index contributed by atoms with van der Waals surface area (Å²) in [5.74, 6) is 0.360. The van der Waals surface area contributed by atoms with Crippen molar-refractivity contribution in [2.24, 2.45) is 5.92 Å². The monoisotopic (exact) mass is 386 g/mol. The Bertz CT molecular complexity index is 758. The quantitative estimate of drug-likeness (QED) is 0.828. The summed E-state index contributed by atoms with van der Waals surface area (Å²) in [6.45, 7) is 0.481. The van der Waals surface area contributed by atoms with Gasteiger partial charge in [-0.05, 0) is 47.7 Å². The number of halogens is 1. The molecular weight excluding hydrogens is 368 g/mol. The first-order chi connectivity index (χ1) is 11.6. The first kappa shape index (κ1) is 16.7. The number of hydrogen-bond acceptors (Lipinski definition) is 2. The lowest BCUT2D eigenvalue weighted by Crippen LogP contribution is -2.25. The molecule has 2 aromatic rings. The average Bonchev–Trinajstić information content (AvgIpc) is 3.40. The third kappa shape index (κ3) is 3.85. The Kier molecular flexibility index (Phi) is 5.00. The van der Waals surface area contributed by atoms with Crippen LogP contribution in [0.2, 0.25) is 0 Å². The summed E-state index contributed by atoms with van der Waals surface area (Å²) in [7, 11) is 1.60. The topological polar surface area (TPSA) is 58.2 Å². The van der Waals surface area contributed by atoms with Gasteiger partial charge < -0.3 is 10.6 Å². The zero-order valence-corrected chi connectivity index (χ0v) is 15.0. The summed E-state index contributed by atoms with van der Waals surface area (Å²) >= 11 is 3.47. The second-order valence-corrected chi connectivity index (χ2v) is 6.91. The first-order valence-corrected chi connectivity index (χ1v) is 8.72. The minimum absolute atomic E-state index is 0.0597. The fourth-order valence-corrected chi connectivity index (χ4v) is 3.25. The van der Waals surface area contributed by atoms with Crippen LogP contribution in [0.15, 0.2) is 53.0 Å². The van der Waals surface area contributed by atoms with Crippen LogP contribution in [0.25, 0.3) is 0 Å². The number of benzene rings is 2. The smallest absolute Gasteiger partial charge is 0.251 e. The number of nitrogens with one attached hydrogen (secondary N) is 2. The summed E-state index contributed by atoms with van der Waals surface area (Å²) in [5, 5.41) is 5.57. The predicted octanol–water partition coefficient (Wildman–Crippen LogP) is 3.23. The summed E-state index contributed by atoms with van der Waals surface area (Å²) in [5.41, 5.74) is 2.81. The third-order valence-corrected chi connectivity index (χ3v) is 4.81. The van der Waals surface area contributed by atoms with Crippen LogP contribution in [-0.2, 0) is 11.3 Å². The Hall–Kier alpha value is -2.14. The highest BCUT2D eigenvalue weighted by Crippen LogP contribution is 2.47. The van der Waals surface area contributed by atoms with Crippen LogP contribution in [-0.4, -0.2) is 18.9 Å². The molecule has 0 bridgehead atoms. The van der Waals surface area contributed by atoms with Crippen molar-refractivity contribution in [1.82, 2.24) is 10.6 Å². The highest BCUT2D eigenvalue weighted by atomic mass is 79.9. The second kappa shape index (κ2) is 7.18. The van der Waals surface area contributed by atoms with Crippen LogP contribution in [0.4, 0.5) is 0 Å². The molecule has 0 spiro atoms. The van der Waals surface area contributed by atoms with Crippen LogP contribution in [0.1, 0.15) is 33.8 Å². The molecule has 1 fully saturated rings. The summed E-state index contributed by atoms with van der Waals surface area (Å²) in [4.78, 5) is 23.8. The van der Waals surface area contributed by atoms with Gasteiger partial charge in [0.05, 0.1) is 0 Å². The molecule has 0 aliphatic heterocycles. The lowest BCUT2D eigenvalue weighted by atomic mass is 10.1. The number of hydrogen-bond donors (Lipinski definition) is 2. The van der Waals surface area contributed by atoms with E-state index in [1.807, 2.05) is 24.3 Å². The van der Waals surface area contributed by atoms with Crippen molar-refractivity contribution < 1.29 is 9.59 Å². The van der Waals surface area contributed by atoms with Gasteiger partial charge in [0.1, 0.15) is 0 Å². The van der Waals surface area contributed by atoms with E-state index in [0.717, 1.165) is 16.5 Å². The van der Waals surface area contributed by atoms with Crippen molar-refractivity contribution in [1.29, 1.82) is 0 Å².